The number of fused-ring (bicyclic) bond motifs is 1. The maximum absolute atomic E-state index is 14.1. The number of nitrogens with one attached hydrogen (secondary N) is 2. The number of ether oxygens (including phenoxy) is 1. The van der Waals surface area contributed by atoms with E-state index in [1.165, 1.54) is 17.4 Å². The predicted molar refractivity (Wildman–Crippen MR) is 86.8 cm³/mol. The molecule has 3 aromatic rings. The molecule has 0 radical (unpaired) electrons. The van der Waals surface area contributed by atoms with Gasteiger partial charge in [-0.15, -0.1) is 11.3 Å². The number of amides is 1. The highest BCUT2D eigenvalue weighted by molar-refractivity contribution is 7.07. The van der Waals surface area contributed by atoms with Crippen LogP contribution in [-0.4, -0.2) is 15.9 Å². The van der Waals surface area contributed by atoms with Gasteiger partial charge < -0.3 is 15.0 Å². The molecule has 0 saturated heterocycles. The largest absolute Gasteiger partial charge is 0.484 e. The molecule has 3 rings (SSSR count). The van der Waals surface area contributed by atoms with E-state index in [4.69, 9.17) is 4.74 Å². The van der Waals surface area contributed by atoms with Crippen LogP contribution >= 0.6 is 11.3 Å². The number of aromatic amines is 1. The Bertz CT molecular complexity index is 814. The van der Waals surface area contributed by atoms with E-state index in [-0.39, 0.29) is 18.3 Å². The maximum Gasteiger partial charge on any atom is 0.220 e. The Labute approximate surface area is 136 Å². The summed E-state index contributed by atoms with van der Waals surface area (Å²) in [6, 6.07) is 4.87. The van der Waals surface area contributed by atoms with Crippen LogP contribution in [0.1, 0.15) is 24.7 Å². The van der Waals surface area contributed by atoms with Gasteiger partial charge in [0.2, 0.25) is 5.91 Å². The number of halogens is 1. The van der Waals surface area contributed by atoms with Crippen LogP contribution < -0.4 is 10.1 Å². The third-order valence-corrected chi connectivity index (χ3v) is 4.02. The lowest BCUT2D eigenvalue weighted by Crippen LogP contribution is -2.21. The van der Waals surface area contributed by atoms with Gasteiger partial charge in [-0.1, -0.05) is 6.92 Å². The van der Waals surface area contributed by atoms with E-state index in [0.717, 1.165) is 22.3 Å². The summed E-state index contributed by atoms with van der Waals surface area (Å²) in [7, 11) is 0. The molecule has 2 aromatic heterocycles. The van der Waals surface area contributed by atoms with Crippen LogP contribution in [0, 0.1) is 5.82 Å². The van der Waals surface area contributed by atoms with Crippen molar-refractivity contribution in [2.45, 2.75) is 26.5 Å². The Hall–Kier alpha value is -2.41. The highest BCUT2D eigenvalue weighted by atomic mass is 32.1. The molecule has 120 valence electrons. The lowest BCUT2D eigenvalue weighted by Gasteiger charge is -2.05. The number of carbonyl (C=O) groups excluding carboxylic acids is 1. The molecule has 0 saturated carbocycles. The summed E-state index contributed by atoms with van der Waals surface area (Å²) < 4.78 is 19.6. The zero-order valence-electron chi connectivity index (χ0n) is 12.6. The fourth-order valence-electron chi connectivity index (χ4n) is 2.18. The van der Waals surface area contributed by atoms with Crippen molar-refractivity contribution in [2.75, 3.05) is 0 Å². The van der Waals surface area contributed by atoms with Crippen molar-refractivity contribution in [3.8, 4) is 5.75 Å². The molecule has 5 nitrogen and oxygen atoms in total. The van der Waals surface area contributed by atoms with Gasteiger partial charge in [-0.05, 0) is 12.1 Å². The number of aromatic nitrogens is 2. The Kier molecular flexibility index (Phi) is 4.57. The summed E-state index contributed by atoms with van der Waals surface area (Å²) in [5, 5.41) is 5.38. The van der Waals surface area contributed by atoms with Crippen LogP contribution in [0.15, 0.2) is 29.1 Å². The third-order valence-electron chi connectivity index (χ3n) is 3.39. The smallest absolute Gasteiger partial charge is 0.220 e. The monoisotopic (exact) mass is 333 g/mol. The highest BCUT2D eigenvalue weighted by Crippen LogP contribution is 2.26. The van der Waals surface area contributed by atoms with Gasteiger partial charge in [-0.2, -0.15) is 0 Å². The molecule has 0 unspecified atom stereocenters. The van der Waals surface area contributed by atoms with E-state index in [9.17, 15) is 9.18 Å². The van der Waals surface area contributed by atoms with Crippen molar-refractivity contribution in [1.82, 2.24) is 15.3 Å². The number of rotatable bonds is 6. The molecule has 0 fully saturated rings. The lowest BCUT2D eigenvalue weighted by atomic mass is 10.2. The number of carbonyl (C=O) groups is 1. The molecule has 1 amide bonds. The van der Waals surface area contributed by atoms with Gasteiger partial charge in [0.25, 0.3) is 0 Å². The normalized spacial score (nSPS) is 10.9. The van der Waals surface area contributed by atoms with Gasteiger partial charge in [0.1, 0.15) is 6.61 Å². The van der Waals surface area contributed by atoms with Gasteiger partial charge in [0.05, 0.1) is 17.7 Å². The summed E-state index contributed by atoms with van der Waals surface area (Å²) in [5.41, 5.74) is 4.06. The SMILES string of the molecule is CCC(=O)NCc1cc2cc(F)c(OCc3cscn3)cc2[nH]1. The average Bonchev–Trinajstić information content (AvgIpc) is 3.19. The molecule has 0 aliphatic heterocycles. The Morgan fingerprint density at radius 3 is 3.04 bits per heavy atom. The molecule has 0 spiro atoms. The van der Waals surface area contributed by atoms with Crippen LogP contribution in [-0.2, 0) is 17.9 Å². The van der Waals surface area contributed by atoms with E-state index in [1.807, 2.05) is 11.4 Å². The number of thiazole rings is 1. The summed E-state index contributed by atoms with van der Waals surface area (Å²) in [5.74, 6) is -0.269. The van der Waals surface area contributed by atoms with Crippen LogP contribution in [0.4, 0.5) is 4.39 Å². The molecule has 7 heteroatoms. The van der Waals surface area contributed by atoms with Crippen LogP contribution in [0.5, 0.6) is 5.75 Å². The molecule has 0 bridgehead atoms. The van der Waals surface area contributed by atoms with Crippen molar-refractivity contribution in [2.24, 2.45) is 0 Å². The number of H-pyrrole nitrogens is 1. The van der Waals surface area contributed by atoms with Gasteiger partial charge >= 0.3 is 0 Å². The van der Waals surface area contributed by atoms with Crippen molar-refractivity contribution in [3.05, 3.63) is 46.3 Å². The van der Waals surface area contributed by atoms with Crippen LogP contribution in [0.2, 0.25) is 0 Å². The maximum atomic E-state index is 14.1. The minimum atomic E-state index is -0.420. The number of hydrogen-bond acceptors (Lipinski definition) is 4. The van der Waals surface area contributed by atoms with Gasteiger partial charge in [-0.3, -0.25) is 4.79 Å². The van der Waals surface area contributed by atoms with E-state index >= 15 is 0 Å². The fraction of sp³-hybridized carbons (Fsp3) is 0.250. The number of benzene rings is 1. The number of hydrogen-bond donors (Lipinski definition) is 2. The zero-order valence-corrected chi connectivity index (χ0v) is 13.4. The number of nitrogens with zero attached hydrogens (tertiary/aromatic N) is 1. The highest BCUT2D eigenvalue weighted by Gasteiger charge is 2.10. The molecule has 2 N–H and O–H groups in total. The van der Waals surface area contributed by atoms with Crippen molar-refractivity contribution in [3.63, 3.8) is 0 Å². The summed E-state index contributed by atoms with van der Waals surface area (Å²) in [6.07, 6.45) is 0.434. The van der Waals surface area contributed by atoms with Gasteiger partial charge in [0, 0.05) is 34.5 Å². The van der Waals surface area contributed by atoms with Crippen LogP contribution in [0.3, 0.4) is 0 Å². The first-order valence-electron chi connectivity index (χ1n) is 7.23. The predicted octanol–water partition coefficient (Wildman–Crippen LogP) is 3.37. The van der Waals surface area contributed by atoms with E-state index in [1.54, 1.807) is 18.5 Å². The molecule has 0 aliphatic carbocycles. The molecule has 2 heterocycles. The summed E-state index contributed by atoms with van der Waals surface area (Å²) >= 11 is 1.47. The van der Waals surface area contributed by atoms with Crippen molar-refractivity contribution >= 4 is 28.1 Å². The summed E-state index contributed by atoms with van der Waals surface area (Å²) in [6.45, 7) is 2.41. The third kappa shape index (κ3) is 3.68. The van der Waals surface area contributed by atoms with E-state index in [2.05, 4.69) is 15.3 Å². The van der Waals surface area contributed by atoms with E-state index < -0.39 is 5.82 Å². The molecule has 1 aromatic carbocycles. The Morgan fingerprint density at radius 2 is 2.30 bits per heavy atom. The Balaban J connectivity index is 1.75. The van der Waals surface area contributed by atoms with Crippen molar-refractivity contribution < 1.29 is 13.9 Å². The topological polar surface area (TPSA) is 67.0 Å². The first-order chi connectivity index (χ1) is 11.2. The average molecular weight is 333 g/mol. The Morgan fingerprint density at radius 1 is 1.43 bits per heavy atom. The molecule has 0 aliphatic rings. The molecule has 0 atom stereocenters. The second-order valence-electron chi connectivity index (χ2n) is 5.06. The molecular weight excluding hydrogens is 317 g/mol. The second kappa shape index (κ2) is 6.78. The molecular formula is C16H16FN3O2S. The lowest BCUT2D eigenvalue weighted by molar-refractivity contribution is -0.120. The summed E-state index contributed by atoms with van der Waals surface area (Å²) in [4.78, 5) is 18.6. The van der Waals surface area contributed by atoms with Crippen LogP contribution in [0.25, 0.3) is 10.9 Å². The second-order valence-corrected chi connectivity index (χ2v) is 5.78. The first kappa shape index (κ1) is 15.5. The minimum absolute atomic E-state index is 0.0258. The molecule has 23 heavy (non-hydrogen) atoms. The zero-order chi connectivity index (χ0) is 16.2. The van der Waals surface area contributed by atoms with Gasteiger partial charge in [0.15, 0.2) is 11.6 Å². The quantitative estimate of drug-likeness (QED) is 0.727. The van der Waals surface area contributed by atoms with E-state index in [0.29, 0.717) is 13.0 Å². The fourth-order valence-corrected chi connectivity index (χ4v) is 2.72. The minimum Gasteiger partial charge on any atom is -0.484 e. The van der Waals surface area contributed by atoms with Crippen molar-refractivity contribution in [1.29, 1.82) is 0 Å². The standard InChI is InChI=1S/C16H16FN3O2S/c1-2-16(21)18-6-11-3-10-4-13(17)15(5-14(10)20-11)22-7-12-8-23-9-19-12/h3-5,8-9,20H,2,6-7H2,1H3,(H,18,21). The first-order valence-corrected chi connectivity index (χ1v) is 8.17. The van der Waals surface area contributed by atoms with Gasteiger partial charge in [-0.25, -0.2) is 9.37 Å².